The summed E-state index contributed by atoms with van der Waals surface area (Å²) in [6.45, 7) is 2.64. The first-order valence-electron chi connectivity index (χ1n) is 8.84. The molecule has 0 amide bonds. The number of hydrogen-bond donors (Lipinski definition) is 0. The average molecular weight is 324 g/mol. The second-order valence-electron chi connectivity index (χ2n) is 6.86. The van der Waals surface area contributed by atoms with Gasteiger partial charge < -0.3 is 4.90 Å². The summed E-state index contributed by atoms with van der Waals surface area (Å²) in [6.07, 6.45) is 8.76. The van der Waals surface area contributed by atoms with E-state index in [2.05, 4.69) is 53.6 Å². The molecule has 2 aromatic carbocycles. The van der Waals surface area contributed by atoms with E-state index in [0.29, 0.717) is 0 Å². The second kappa shape index (κ2) is 6.70. The number of likely N-dealkylation sites (tertiary alicyclic amines) is 1. The Hall–Kier alpha value is -1.25. The van der Waals surface area contributed by atoms with E-state index in [9.17, 15) is 0 Å². The van der Waals surface area contributed by atoms with Crippen LogP contribution in [-0.2, 0) is 12.8 Å². The van der Waals surface area contributed by atoms with Crippen LogP contribution in [-0.4, -0.2) is 30.3 Å². The number of aryl methyl sites for hydroxylation is 1. The summed E-state index contributed by atoms with van der Waals surface area (Å²) >= 11 is 1.82. The van der Waals surface area contributed by atoms with E-state index < -0.39 is 0 Å². The molecule has 0 radical (unpaired) electrons. The molecular formula is C21H25NS. The summed E-state index contributed by atoms with van der Waals surface area (Å²) in [5, 5.41) is 0. The van der Waals surface area contributed by atoms with Crippen molar-refractivity contribution in [3.8, 4) is 11.1 Å². The minimum atomic E-state index is 0.788. The van der Waals surface area contributed by atoms with Gasteiger partial charge in [-0.25, -0.2) is 0 Å². The van der Waals surface area contributed by atoms with E-state index in [1.807, 2.05) is 11.8 Å². The maximum Gasteiger partial charge on any atom is 0.0139 e. The lowest BCUT2D eigenvalue weighted by Gasteiger charge is -2.32. The van der Waals surface area contributed by atoms with Gasteiger partial charge >= 0.3 is 0 Å². The SMILES string of the molecule is CSc1cccc(-c2ccc3c(c2)CCC(N2CCCC2)C3)c1. The molecule has 1 atom stereocenters. The molecule has 2 aliphatic rings. The molecule has 1 fully saturated rings. The van der Waals surface area contributed by atoms with Gasteiger partial charge in [-0.1, -0.05) is 30.3 Å². The Morgan fingerprint density at radius 2 is 1.78 bits per heavy atom. The fourth-order valence-corrected chi connectivity index (χ4v) is 4.60. The quantitative estimate of drug-likeness (QED) is 0.729. The first-order chi connectivity index (χ1) is 11.3. The normalized spacial score (nSPS) is 21.3. The van der Waals surface area contributed by atoms with Crippen molar-refractivity contribution < 1.29 is 0 Å². The van der Waals surface area contributed by atoms with Crippen molar-refractivity contribution in [1.29, 1.82) is 0 Å². The number of benzene rings is 2. The van der Waals surface area contributed by atoms with Crippen molar-refractivity contribution in [1.82, 2.24) is 4.90 Å². The molecule has 1 aliphatic carbocycles. The molecule has 1 nitrogen and oxygen atoms in total. The van der Waals surface area contributed by atoms with E-state index in [1.165, 1.54) is 61.2 Å². The third-order valence-corrected chi connectivity index (χ3v) is 6.19. The highest BCUT2D eigenvalue weighted by Crippen LogP contribution is 2.31. The standard InChI is InChI=1S/C21H25NS/c1-23-21-6-4-5-16(15-21)17-7-8-19-14-20(10-9-18(19)13-17)22-11-2-3-12-22/h4-8,13,15,20H,2-3,9-12,14H2,1H3. The maximum absolute atomic E-state index is 2.72. The van der Waals surface area contributed by atoms with Crippen molar-refractivity contribution in [2.75, 3.05) is 19.3 Å². The van der Waals surface area contributed by atoms with Crippen LogP contribution in [0, 0.1) is 0 Å². The van der Waals surface area contributed by atoms with Crippen molar-refractivity contribution in [2.24, 2.45) is 0 Å². The first-order valence-corrected chi connectivity index (χ1v) is 10.1. The number of rotatable bonds is 3. The van der Waals surface area contributed by atoms with Crippen LogP contribution in [0.25, 0.3) is 11.1 Å². The van der Waals surface area contributed by atoms with Crippen LogP contribution >= 0.6 is 11.8 Å². The highest BCUT2D eigenvalue weighted by molar-refractivity contribution is 7.98. The van der Waals surface area contributed by atoms with E-state index in [0.717, 1.165) is 6.04 Å². The Morgan fingerprint density at radius 1 is 0.957 bits per heavy atom. The van der Waals surface area contributed by atoms with Gasteiger partial charge in [0, 0.05) is 10.9 Å². The zero-order valence-corrected chi connectivity index (χ0v) is 14.7. The number of fused-ring (bicyclic) bond motifs is 1. The van der Waals surface area contributed by atoms with Crippen LogP contribution in [0.3, 0.4) is 0 Å². The fourth-order valence-electron chi connectivity index (χ4n) is 4.14. The van der Waals surface area contributed by atoms with Crippen LogP contribution < -0.4 is 0 Å². The van der Waals surface area contributed by atoms with Crippen molar-refractivity contribution in [2.45, 2.75) is 43.0 Å². The molecule has 0 N–H and O–H groups in total. The molecule has 0 saturated carbocycles. The molecule has 0 bridgehead atoms. The van der Waals surface area contributed by atoms with Gasteiger partial charge in [0.15, 0.2) is 0 Å². The van der Waals surface area contributed by atoms with Gasteiger partial charge in [0.25, 0.3) is 0 Å². The summed E-state index contributed by atoms with van der Waals surface area (Å²) in [5.41, 5.74) is 5.88. The Bertz CT molecular complexity index is 688. The fraction of sp³-hybridized carbons (Fsp3) is 0.429. The molecule has 4 rings (SSSR count). The molecule has 0 aromatic heterocycles. The molecule has 1 heterocycles. The van der Waals surface area contributed by atoms with Gasteiger partial charge in [-0.3, -0.25) is 0 Å². The molecule has 1 aliphatic heterocycles. The van der Waals surface area contributed by atoms with E-state index >= 15 is 0 Å². The highest BCUT2D eigenvalue weighted by atomic mass is 32.2. The van der Waals surface area contributed by atoms with Gasteiger partial charge in [-0.15, -0.1) is 11.8 Å². The minimum Gasteiger partial charge on any atom is -0.300 e. The van der Waals surface area contributed by atoms with Gasteiger partial charge in [0.1, 0.15) is 0 Å². The topological polar surface area (TPSA) is 3.24 Å². The van der Waals surface area contributed by atoms with E-state index in [4.69, 9.17) is 0 Å². The lowest BCUT2D eigenvalue weighted by molar-refractivity contribution is 0.222. The smallest absolute Gasteiger partial charge is 0.0139 e. The average Bonchev–Trinajstić information content (AvgIpc) is 3.15. The molecule has 120 valence electrons. The second-order valence-corrected chi connectivity index (χ2v) is 7.73. The molecular weight excluding hydrogens is 298 g/mol. The van der Waals surface area contributed by atoms with Crippen molar-refractivity contribution in [3.05, 3.63) is 53.6 Å². The van der Waals surface area contributed by atoms with E-state index in [1.54, 1.807) is 11.1 Å². The summed E-state index contributed by atoms with van der Waals surface area (Å²) in [7, 11) is 0. The van der Waals surface area contributed by atoms with Crippen LogP contribution in [0.1, 0.15) is 30.4 Å². The first kappa shape index (κ1) is 15.3. The number of thioether (sulfide) groups is 1. The van der Waals surface area contributed by atoms with Crippen molar-refractivity contribution in [3.63, 3.8) is 0 Å². The third kappa shape index (κ3) is 3.20. The summed E-state index contributed by atoms with van der Waals surface area (Å²) in [5.74, 6) is 0. The zero-order valence-electron chi connectivity index (χ0n) is 13.9. The molecule has 1 unspecified atom stereocenters. The Labute approximate surface area is 144 Å². The van der Waals surface area contributed by atoms with Crippen LogP contribution in [0.15, 0.2) is 47.4 Å². The van der Waals surface area contributed by atoms with Crippen LogP contribution in [0.4, 0.5) is 0 Å². The minimum absolute atomic E-state index is 0.788. The lowest BCUT2D eigenvalue weighted by atomic mass is 9.85. The maximum atomic E-state index is 2.72. The zero-order chi connectivity index (χ0) is 15.6. The van der Waals surface area contributed by atoms with Crippen LogP contribution in [0.2, 0.25) is 0 Å². The monoisotopic (exact) mass is 323 g/mol. The van der Waals surface area contributed by atoms with Crippen molar-refractivity contribution >= 4 is 11.8 Å². The van der Waals surface area contributed by atoms with Gasteiger partial charge in [0.2, 0.25) is 0 Å². The number of hydrogen-bond acceptors (Lipinski definition) is 2. The highest BCUT2D eigenvalue weighted by Gasteiger charge is 2.26. The predicted octanol–water partition coefficient (Wildman–Crippen LogP) is 5.03. The summed E-state index contributed by atoms with van der Waals surface area (Å²) in [6, 6.07) is 16.8. The largest absolute Gasteiger partial charge is 0.300 e. The number of nitrogens with zero attached hydrogens (tertiary/aromatic N) is 1. The molecule has 23 heavy (non-hydrogen) atoms. The molecule has 0 spiro atoms. The molecule has 2 aromatic rings. The summed E-state index contributed by atoms with van der Waals surface area (Å²) < 4.78 is 0. The van der Waals surface area contributed by atoms with E-state index in [-0.39, 0.29) is 0 Å². The summed E-state index contributed by atoms with van der Waals surface area (Å²) in [4.78, 5) is 4.06. The predicted molar refractivity (Wildman–Crippen MR) is 100 cm³/mol. The van der Waals surface area contributed by atoms with Gasteiger partial charge in [-0.05, 0) is 85.8 Å². The van der Waals surface area contributed by atoms with Gasteiger partial charge in [0.05, 0.1) is 0 Å². The van der Waals surface area contributed by atoms with Crippen LogP contribution in [0.5, 0.6) is 0 Å². The van der Waals surface area contributed by atoms with Gasteiger partial charge in [-0.2, -0.15) is 0 Å². The third-order valence-electron chi connectivity index (χ3n) is 5.47. The Kier molecular flexibility index (Phi) is 4.46. The Morgan fingerprint density at radius 3 is 2.61 bits per heavy atom. The molecule has 1 saturated heterocycles. The Balaban J connectivity index is 1.57. The lowest BCUT2D eigenvalue weighted by Crippen LogP contribution is -2.37. The molecule has 2 heteroatoms.